The predicted octanol–water partition coefficient (Wildman–Crippen LogP) is 2.47. The van der Waals surface area contributed by atoms with Gasteiger partial charge in [0.05, 0.1) is 31.5 Å². The molecule has 0 fully saturated rings. The number of anilines is 1. The van der Waals surface area contributed by atoms with Crippen LogP contribution in [0, 0.1) is 0 Å². The van der Waals surface area contributed by atoms with Crippen LogP contribution in [0.2, 0.25) is 5.02 Å². The molecule has 112 valence electrons. The van der Waals surface area contributed by atoms with Crippen molar-refractivity contribution < 1.29 is 19.0 Å². The number of carbonyl (C=O) groups excluding carboxylic acids is 1. The Bertz CT molecular complexity index is 468. The van der Waals surface area contributed by atoms with E-state index in [1.807, 2.05) is 0 Å². The first-order valence-electron chi connectivity index (χ1n) is 5.96. The summed E-state index contributed by atoms with van der Waals surface area (Å²) >= 11 is 6.04. The maximum Gasteiger partial charge on any atom is 0.321 e. The molecule has 0 radical (unpaired) electrons. The third-order valence-electron chi connectivity index (χ3n) is 2.69. The highest BCUT2D eigenvalue weighted by Crippen LogP contribution is 2.35. The van der Waals surface area contributed by atoms with E-state index >= 15 is 0 Å². The molecule has 6 nitrogen and oxygen atoms in total. The molecule has 7 heteroatoms. The maximum atomic E-state index is 12.0. The van der Waals surface area contributed by atoms with Gasteiger partial charge in [-0.15, -0.1) is 0 Å². The number of hydrogen-bond donors (Lipinski definition) is 1. The second-order valence-corrected chi connectivity index (χ2v) is 4.44. The smallest absolute Gasteiger partial charge is 0.321 e. The molecule has 20 heavy (non-hydrogen) atoms. The topological polar surface area (TPSA) is 60.0 Å². The van der Waals surface area contributed by atoms with Crippen molar-refractivity contribution in [2.75, 3.05) is 46.8 Å². The highest BCUT2D eigenvalue weighted by Gasteiger charge is 2.14. The van der Waals surface area contributed by atoms with Crippen molar-refractivity contribution in [3.63, 3.8) is 0 Å². The van der Waals surface area contributed by atoms with Crippen LogP contribution in [0.3, 0.4) is 0 Å². The van der Waals surface area contributed by atoms with Gasteiger partial charge in [-0.3, -0.25) is 0 Å². The number of nitrogens with one attached hydrogen (secondary N) is 1. The first-order chi connectivity index (χ1) is 9.53. The number of urea groups is 1. The van der Waals surface area contributed by atoms with Crippen LogP contribution in [0.25, 0.3) is 0 Å². The quantitative estimate of drug-likeness (QED) is 0.877. The third kappa shape index (κ3) is 4.18. The fraction of sp³-hybridized carbons (Fsp3) is 0.462. The molecule has 1 rings (SSSR count). The Hall–Kier alpha value is -1.66. The highest BCUT2D eigenvalue weighted by atomic mass is 35.5. The Balaban J connectivity index is 2.86. The number of ether oxygens (including phenoxy) is 3. The van der Waals surface area contributed by atoms with Crippen LogP contribution in [0.1, 0.15) is 0 Å². The predicted molar refractivity (Wildman–Crippen MR) is 78.1 cm³/mol. The Kier molecular flexibility index (Phi) is 6.41. The van der Waals surface area contributed by atoms with E-state index in [2.05, 4.69) is 5.32 Å². The van der Waals surface area contributed by atoms with Gasteiger partial charge in [0.1, 0.15) is 11.5 Å². The van der Waals surface area contributed by atoms with E-state index in [9.17, 15) is 4.79 Å². The molecule has 0 aromatic heterocycles. The molecule has 0 heterocycles. The van der Waals surface area contributed by atoms with E-state index in [-0.39, 0.29) is 6.03 Å². The van der Waals surface area contributed by atoms with Crippen LogP contribution in [-0.4, -0.2) is 52.5 Å². The lowest BCUT2D eigenvalue weighted by molar-refractivity contribution is 0.165. The number of hydrogen-bond acceptors (Lipinski definition) is 4. The lowest BCUT2D eigenvalue weighted by atomic mass is 10.2. The Morgan fingerprint density at radius 1 is 1.25 bits per heavy atom. The molecule has 0 unspecified atom stereocenters. The molecule has 0 aliphatic carbocycles. The second-order valence-electron chi connectivity index (χ2n) is 4.03. The molecule has 0 bridgehead atoms. The van der Waals surface area contributed by atoms with Crippen molar-refractivity contribution in [3.05, 3.63) is 17.2 Å². The van der Waals surface area contributed by atoms with Crippen molar-refractivity contribution in [1.29, 1.82) is 0 Å². The largest absolute Gasteiger partial charge is 0.495 e. The van der Waals surface area contributed by atoms with Gasteiger partial charge >= 0.3 is 6.03 Å². The number of amides is 2. The van der Waals surface area contributed by atoms with Gasteiger partial charge in [-0.05, 0) is 6.07 Å². The average molecular weight is 303 g/mol. The summed E-state index contributed by atoms with van der Waals surface area (Å²) in [6.45, 7) is 0.943. The van der Waals surface area contributed by atoms with Gasteiger partial charge in [-0.25, -0.2) is 4.79 Å². The van der Waals surface area contributed by atoms with Crippen LogP contribution < -0.4 is 14.8 Å². The van der Waals surface area contributed by atoms with Gasteiger partial charge in [0.25, 0.3) is 0 Å². The first-order valence-corrected chi connectivity index (χ1v) is 6.33. The highest BCUT2D eigenvalue weighted by molar-refractivity contribution is 6.32. The number of methoxy groups -OCH3 is 3. The molecule has 0 saturated carbocycles. The standard InChI is InChI=1S/C13H19ClN2O4/c1-16(5-6-18-2)13(17)15-10-7-9(14)11(19-3)8-12(10)20-4/h7-8H,5-6H2,1-4H3,(H,15,17). The van der Waals surface area contributed by atoms with Crippen LogP contribution in [0.5, 0.6) is 11.5 Å². The summed E-state index contributed by atoms with van der Waals surface area (Å²) in [7, 11) is 6.27. The van der Waals surface area contributed by atoms with Crippen molar-refractivity contribution >= 4 is 23.3 Å². The molecule has 2 amide bonds. The molecule has 1 aromatic carbocycles. The zero-order valence-corrected chi connectivity index (χ0v) is 12.8. The number of benzene rings is 1. The average Bonchev–Trinajstić information content (AvgIpc) is 2.44. The summed E-state index contributed by atoms with van der Waals surface area (Å²) in [5.41, 5.74) is 0.479. The van der Waals surface area contributed by atoms with Gasteiger partial charge in [0, 0.05) is 26.8 Å². The summed E-state index contributed by atoms with van der Waals surface area (Å²) in [5, 5.41) is 3.12. The van der Waals surface area contributed by atoms with E-state index < -0.39 is 0 Å². The van der Waals surface area contributed by atoms with Gasteiger partial charge < -0.3 is 24.4 Å². The second kappa shape index (κ2) is 7.81. The van der Waals surface area contributed by atoms with Crippen LogP contribution in [0.4, 0.5) is 10.5 Å². The SMILES string of the molecule is COCCN(C)C(=O)Nc1cc(Cl)c(OC)cc1OC. The van der Waals surface area contributed by atoms with E-state index in [0.717, 1.165) is 0 Å². The summed E-state index contributed by atoms with van der Waals surface area (Å²) in [6, 6.07) is 2.93. The monoisotopic (exact) mass is 302 g/mol. The van der Waals surface area contributed by atoms with Gasteiger partial charge in [-0.1, -0.05) is 11.6 Å². The number of rotatable bonds is 6. The van der Waals surface area contributed by atoms with Gasteiger partial charge in [-0.2, -0.15) is 0 Å². The Morgan fingerprint density at radius 2 is 1.90 bits per heavy atom. The molecule has 0 aliphatic heterocycles. The van der Waals surface area contributed by atoms with E-state index in [1.165, 1.54) is 19.1 Å². The summed E-state index contributed by atoms with van der Waals surface area (Å²) in [6.07, 6.45) is 0. The van der Waals surface area contributed by atoms with Crippen molar-refractivity contribution in [2.45, 2.75) is 0 Å². The fourth-order valence-corrected chi connectivity index (χ4v) is 1.74. The molecule has 1 N–H and O–H groups in total. The number of nitrogens with zero attached hydrogens (tertiary/aromatic N) is 1. The van der Waals surface area contributed by atoms with Crippen LogP contribution in [0.15, 0.2) is 12.1 Å². The first kappa shape index (κ1) is 16.4. The van der Waals surface area contributed by atoms with Crippen molar-refractivity contribution in [1.82, 2.24) is 4.90 Å². The zero-order valence-electron chi connectivity index (χ0n) is 12.0. The minimum absolute atomic E-state index is 0.276. The number of halogens is 1. The van der Waals surface area contributed by atoms with E-state index in [0.29, 0.717) is 35.4 Å². The summed E-state index contributed by atoms with van der Waals surface area (Å²) in [5.74, 6) is 0.953. The van der Waals surface area contributed by atoms with Gasteiger partial charge in [0.2, 0.25) is 0 Å². The molecule has 0 atom stereocenters. The van der Waals surface area contributed by atoms with Gasteiger partial charge in [0.15, 0.2) is 0 Å². The molecular weight excluding hydrogens is 284 g/mol. The third-order valence-corrected chi connectivity index (χ3v) is 2.99. The Morgan fingerprint density at radius 3 is 2.45 bits per heavy atom. The number of carbonyl (C=O) groups is 1. The molecule has 0 saturated heterocycles. The Labute approximate surface area is 123 Å². The lowest BCUT2D eigenvalue weighted by Crippen LogP contribution is -2.33. The van der Waals surface area contributed by atoms with Crippen molar-refractivity contribution in [2.24, 2.45) is 0 Å². The summed E-state index contributed by atoms with van der Waals surface area (Å²) < 4.78 is 15.2. The lowest BCUT2D eigenvalue weighted by Gasteiger charge is -2.19. The normalized spacial score (nSPS) is 10.1. The fourth-order valence-electron chi connectivity index (χ4n) is 1.50. The number of likely N-dealkylation sites (N-methyl/N-ethyl adjacent to an activating group) is 1. The van der Waals surface area contributed by atoms with Crippen LogP contribution in [-0.2, 0) is 4.74 Å². The molecule has 0 spiro atoms. The molecule has 0 aliphatic rings. The molecule has 1 aromatic rings. The zero-order chi connectivity index (χ0) is 15.1. The van der Waals surface area contributed by atoms with E-state index in [4.69, 9.17) is 25.8 Å². The van der Waals surface area contributed by atoms with E-state index in [1.54, 1.807) is 26.3 Å². The minimum atomic E-state index is -0.276. The maximum absolute atomic E-state index is 12.0. The molecular formula is C13H19ClN2O4. The summed E-state index contributed by atoms with van der Waals surface area (Å²) in [4.78, 5) is 13.5. The van der Waals surface area contributed by atoms with Crippen LogP contribution >= 0.6 is 11.6 Å². The minimum Gasteiger partial charge on any atom is -0.495 e. The van der Waals surface area contributed by atoms with Crippen molar-refractivity contribution in [3.8, 4) is 11.5 Å².